The molecule has 0 aliphatic heterocycles. The summed E-state index contributed by atoms with van der Waals surface area (Å²) in [6.45, 7) is 0. The van der Waals surface area contributed by atoms with E-state index in [1.165, 1.54) is 13.2 Å². The molecule has 1 aliphatic carbocycles. The fraction of sp³-hybridized carbons (Fsp3) is 0.500. The lowest BCUT2D eigenvalue weighted by Gasteiger charge is -2.17. The van der Waals surface area contributed by atoms with Gasteiger partial charge in [-0.2, -0.15) is 0 Å². The largest absolute Gasteiger partial charge is 0.495 e. The van der Waals surface area contributed by atoms with Gasteiger partial charge >= 0.3 is 5.97 Å². The van der Waals surface area contributed by atoms with E-state index < -0.39 is 12.0 Å². The SMILES string of the molecule is COc1ccc(C(NC(=O)CC2CCCC2)C(=O)O)cc1Cl. The van der Waals surface area contributed by atoms with Gasteiger partial charge in [0.15, 0.2) is 6.04 Å². The Morgan fingerprint density at radius 3 is 2.64 bits per heavy atom. The number of nitrogens with one attached hydrogen (secondary N) is 1. The highest BCUT2D eigenvalue weighted by molar-refractivity contribution is 6.32. The Morgan fingerprint density at radius 2 is 2.09 bits per heavy atom. The molecule has 1 amide bonds. The van der Waals surface area contributed by atoms with Crippen molar-refractivity contribution in [1.29, 1.82) is 0 Å². The highest BCUT2D eigenvalue weighted by Crippen LogP contribution is 2.29. The van der Waals surface area contributed by atoms with Gasteiger partial charge in [-0.05, 0) is 36.5 Å². The molecule has 2 rings (SSSR count). The van der Waals surface area contributed by atoms with Crippen LogP contribution in [-0.2, 0) is 9.59 Å². The van der Waals surface area contributed by atoms with E-state index in [1.807, 2.05) is 0 Å². The van der Waals surface area contributed by atoms with Crippen molar-refractivity contribution in [2.24, 2.45) is 5.92 Å². The Kier molecular flexibility index (Phi) is 5.66. The lowest BCUT2D eigenvalue weighted by molar-refractivity contribution is -0.142. The van der Waals surface area contributed by atoms with Crippen LogP contribution in [0.1, 0.15) is 43.7 Å². The van der Waals surface area contributed by atoms with Gasteiger partial charge in [0, 0.05) is 6.42 Å². The van der Waals surface area contributed by atoms with Gasteiger partial charge in [-0.3, -0.25) is 4.79 Å². The maximum atomic E-state index is 12.1. The topological polar surface area (TPSA) is 75.6 Å². The van der Waals surface area contributed by atoms with Crippen LogP contribution in [0.2, 0.25) is 5.02 Å². The second-order valence-electron chi connectivity index (χ2n) is 5.59. The van der Waals surface area contributed by atoms with Gasteiger partial charge in [0.05, 0.1) is 12.1 Å². The van der Waals surface area contributed by atoms with Crippen LogP contribution < -0.4 is 10.1 Å². The highest BCUT2D eigenvalue weighted by atomic mass is 35.5. The van der Waals surface area contributed by atoms with Gasteiger partial charge in [0.2, 0.25) is 5.91 Å². The molecule has 1 aromatic rings. The molecule has 1 fully saturated rings. The van der Waals surface area contributed by atoms with Crippen LogP contribution in [-0.4, -0.2) is 24.1 Å². The molecule has 0 bridgehead atoms. The molecule has 1 aliphatic rings. The van der Waals surface area contributed by atoms with Crippen LogP contribution in [0, 0.1) is 5.92 Å². The summed E-state index contributed by atoms with van der Waals surface area (Å²) in [5.74, 6) is -0.506. The van der Waals surface area contributed by atoms with Crippen LogP contribution in [0.4, 0.5) is 0 Å². The number of aliphatic carboxylic acids is 1. The third kappa shape index (κ3) is 4.13. The fourth-order valence-electron chi connectivity index (χ4n) is 2.85. The summed E-state index contributed by atoms with van der Waals surface area (Å²) in [6.07, 6.45) is 4.76. The van der Waals surface area contributed by atoms with Crippen molar-refractivity contribution < 1.29 is 19.4 Å². The van der Waals surface area contributed by atoms with Crippen LogP contribution in [0.25, 0.3) is 0 Å². The highest BCUT2D eigenvalue weighted by Gasteiger charge is 2.25. The van der Waals surface area contributed by atoms with Crippen molar-refractivity contribution in [2.45, 2.75) is 38.1 Å². The number of halogens is 1. The molecule has 0 saturated heterocycles. The van der Waals surface area contributed by atoms with E-state index in [1.54, 1.807) is 12.1 Å². The zero-order chi connectivity index (χ0) is 16.1. The number of amides is 1. The molecule has 1 aromatic carbocycles. The van der Waals surface area contributed by atoms with E-state index in [4.69, 9.17) is 16.3 Å². The van der Waals surface area contributed by atoms with Crippen molar-refractivity contribution in [2.75, 3.05) is 7.11 Å². The molecule has 22 heavy (non-hydrogen) atoms. The molecule has 0 aromatic heterocycles. The van der Waals surface area contributed by atoms with Crippen molar-refractivity contribution in [3.63, 3.8) is 0 Å². The Morgan fingerprint density at radius 1 is 1.41 bits per heavy atom. The Bertz CT molecular complexity index is 555. The van der Waals surface area contributed by atoms with Crippen LogP contribution in [0.5, 0.6) is 5.75 Å². The fourth-order valence-corrected chi connectivity index (χ4v) is 3.11. The summed E-state index contributed by atoms with van der Waals surface area (Å²) in [7, 11) is 1.49. The van der Waals surface area contributed by atoms with E-state index in [-0.39, 0.29) is 5.91 Å². The van der Waals surface area contributed by atoms with E-state index in [0.717, 1.165) is 25.7 Å². The quantitative estimate of drug-likeness (QED) is 0.842. The zero-order valence-electron chi connectivity index (χ0n) is 12.5. The number of carboxylic acids is 1. The molecule has 0 heterocycles. The minimum atomic E-state index is -1.11. The summed E-state index contributed by atoms with van der Waals surface area (Å²) in [6, 6.07) is 3.60. The first-order valence-electron chi connectivity index (χ1n) is 7.37. The second-order valence-corrected chi connectivity index (χ2v) is 5.99. The number of methoxy groups -OCH3 is 1. The third-order valence-corrected chi connectivity index (χ3v) is 4.31. The Labute approximate surface area is 134 Å². The van der Waals surface area contributed by atoms with Gasteiger partial charge in [-0.25, -0.2) is 4.79 Å². The van der Waals surface area contributed by atoms with E-state index in [2.05, 4.69) is 5.32 Å². The third-order valence-electron chi connectivity index (χ3n) is 4.01. The summed E-state index contributed by atoms with van der Waals surface area (Å²) >= 11 is 6.02. The smallest absolute Gasteiger partial charge is 0.330 e. The molecule has 120 valence electrons. The van der Waals surface area contributed by atoms with Crippen molar-refractivity contribution >= 4 is 23.5 Å². The number of hydrogen-bond acceptors (Lipinski definition) is 3. The number of carboxylic acid groups (broad SMARTS) is 1. The molecule has 1 unspecified atom stereocenters. The summed E-state index contributed by atoms with van der Waals surface area (Å²) < 4.78 is 5.04. The lowest BCUT2D eigenvalue weighted by Crippen LogP contribution is -2.34. The predicted molar refractivity (Wildman–Crippen MR) is 83.1 cm³/mol. The van der Waals surface area contributed by atoms with E-state index in [9.17, 15) is 14.7 Å². The standard InChI is InChI=1S/C16H20ClNO4/c1-22-13-7-6-11(9-12(13)17)15(16(20)21)18-14(19)8-10-4-2-3-5-10/h6-7,9-10,15H,2-5,8H2,1H3,(H,18,19)(H,20,21). The summed E-state index contributed by atoms with van der Waals surface area (Å²) in [5.41, 5.74) is 0.429. The zero-order valence-corrected chi connectivity index (χ0v) is 13.2. The first kappa shape index (κ1) is 16.6. The first-order chi connectivity index (χ1) is 10.5. The predicted octanol–water partition coefficient (Wildman–Crippen LogP) is 3.17. The van der Waals surface area contributed by atoms with Crippen LogP contribution >= 0.6 is 11.6 Å². The number of carbonyl (C=O) groups excluding carboxylic acids is 1. The van der Waals surface area contributed by atoms with Gasteiger partial charge < -0.3 is 15.2 Å². The monoisotopic (exact) mass is 325 g/mol. The maximum Gasteiger partial charge on any atom is 0.330 e. The van der Waals surface area contributed by atoms with Gasteiger partial charge in [-0.15, -0.1) is 0 Å². The molecule has 1 atom stereocenters. The number of hydrogen-bond donors (Lipinski definition) is 2. The van der Waals surface area contributed by atoms with E-state index >= 15 is 0 Å². The van der Waals surface area contributed by atoms with Crippen LogP contribution in [0.15, 0.2) is 18.2 Å². The molecular formula is C16H20ClNO4. The molecule has 0 radical (unpaired) electrons. The number of benzene rings is 1. The molecule has 5 nitrogen and oxygen atoms in total. The molecule has 6 heteroatoms. The lowest BCUT2D eigenvalue weighted by atomic mass is 10.0. The van der Waals surface area contributed by atoms with Crippen molar-refractivity contribution in [3.05, 3.63) is 28.8 Å². The van der Waals surface area contributed by atoms with Gasteiger partial charge in [0.25, 0.3) is 0 Å². The van der Waals surface area contributed by atoms with Crippen molar-refractivity contribution in [3.8, 4) is 5.75 Å². The van der Waals surface area contributed by atoms with Crippen LogP contribution in [0.3, 0.4) is 0 Å². The number of ether oxygens (including phenoxy) is 1. The summed E-state index contributed by atoms with van der Waals surface area (Å²) in [5, 5.41) is 12.3. The van der Waals surface area contributed by atoms with E-state index in [0.29, 0.717) is 28.7 Å². The van der Waals surface area contributed by atoms with Crippen molar-refractivity contribution in [1.82, 2.24) is 5.32 Å². The normalized spacial score (nSPS) is 16.3. The molecule has 1 saturated carbocycles. The molecule has 0 spiro atoms. The average molecular weight is 326 g/mol. The minimum absolute atomic E-state index is 0.230. The second kappa shape index (κ2) is 7.49. The first-order valence-corrected chi connectivity index (χ1v) is 7.74. The molecule has 2 N–H and O–H groups in total. The number of rotatable bonds is 6. The Balaban J connectivity index is 2.07. The summed E-state index contributed by atoms with van der Waals surface area (Å²) in [4.78, 5) is 23.5. The maximum absolute atomic E-state index is 12.1. The Hall–Kier alpha value is -1.75. The van der Waals surface area contributed by atoms with Gasteiger partial charge in [-0.1, -0.05) is 30.5 Å². The van der Waals surface area contributed by atoms with Gasteiger partial charge in [0.1, 0.15) is 5.75 Å². The average Bonchev–Trinajstić information content (AvgIpc) is 2.97. The number of carbonyl (C=O) groups is 2. The molecular weight excluding hydrogens is 306 g/mol. The minimum Gasteiger partial charge on any atom is -0.495 e.